The van der Waals surface area contributed by atoms with E-state index in [1.807, 2.05) is 0 Å². The fourth-order valence-electron chi connectivity index (χ4n) is 2.46. The molecule has 22 heavy (non-hydrogen) atoms. The maximum atomic E-state index is 8.74. The molecule has 6 heteroatoms. The van der Waals surface area contributed by atoms with Gasteiger partial charge in [-0.1, -0.05) is 64.1 Å². The van der Waals surface area contributed by atoms with Crippen molar-refractivity contribution in [2.75, 3.05) is 0 Å². The molecule has 2 aromatic rings. The van der Waals surface area contributed by atoms with Gasteiger partial charge in [-0.15, -0.1) is 0 Å². The summed E-state index contributed by atoms with van der Waals surface area (Å²) in [7, 11) is -4.67. The van der Waals surface area contributed by atoms with Gasteiger partial charge in [0, 0.05) is 0 Å². The molecule has 118 valence electrons. The second kappa shape index (κ2) is 9.01. The Hall–Kier alpha value is -0.430. The summed E-state index contributed by atoms with van der Waals surface area (Å²) in [6, 6.07) is 13.2. The summed E-state index contributed by atoms with van der Waals surface area (Å²) < 4.78 is 31.6. The molecule has 2 rings (SSSR count). The standard InChI is InChI=1S/C16H20.Na.H2O4S.H/c1-11(2)14-10-9-13-7-5-6-8-15(13)16(14)12(3)4;;1-5(2,3)4;/h5-12H,1-4H3;;(H2,1,2,3,4);. The Bertz CT molecular complexity index is 701. The minimum atomic E-state index is -4.67. The van der Waals surface area contributed by atoms with Gasteiger partial charge in [0.15, 0.2) is 0 Å². The monoisotopic (exact) mass is 334 g/mol. The Labute approximate surface area is 154 Å². The molecule has 2 aromatic carbocycles. The molecule has 0 atom stereocenters. The molecule has 0 heterocycles. The Morgan fingerprint density at radius 2 is 1.36 bits per heavy atom. The molecule has 0 amide bonds. The predicted octanol–water partition coefficient (Wildman–Crippen LogP) is 3.79. The van der Waals surface area contributed by atoms with Crippen LogP contribution < -0.4 is 0 Å². The summed E-state index contributed by atoms with van der Waals surface area (Å²) in [5, 5.41) is 2.78. The molecule has 0 aliphatic heterocycles. The zero-order valence-corrected chi connectivity index (χ0v) is 13.6. The third-order valence-corrected chi connectivity index (χ3v) is 3.20. The van der Waals surface area contributed by atoms with Crippen LogP contribution >= 0.6 is 0 Å². The summed E-state index contributed by atoms with van der Waals surface area (Å²) in [6.07, 6.45) is 0. The fourth-order valence-corrected chi connectivity index (χ4v) is 2.46. The van der Waals surface area contributed by atoms with Crippen molar-refractivity contribution in [3.8, 4) is 0 Å². The molecule has 0 bridgehead atoms. The normalized spacial score (nSPS) is 11.1. The first-order valence-corrected chi connectivity index (χ1v) is 8.22. The van der Waals surface area contributed by atoms with Gasteiger partial charge >= 0.3 is 40.0 Å². The predicted molar refractivity (Wildman–Crippen MR) is 93.5 cm³/mol. The van der Waals surface area contributed by atoms with E-state index in [0.717, 1.165) is 0 Å². The Balaban J connectivity index is 0.000000644. The van der Waals surface area contributed by atoms with Gasteiger partial charge in [-0.25, -0.2) is 0 Å². The molecule has 0 saturated heterocycles. The molecule has 0 saturated carbocycles. The van der Waals surface area contributed by atoms with Crippen molar-refractivity contribution in [1.29, 1.82) is 0 Å². The van der Waals surface area contributed by atoms with Crippen molar-refractivity contribution >= 4 is 50.7 Å². The van der Waals surface area contributed by atoms with Gasteiger partial charge in [0.1, 0.15) is 0 Å². The van der Waals surface area contributed by atoms with Crippen molar-refractivity contribution in [2.24, 2.45) is 0 Å². The van der Waals surface area contributed by atoms with Crippen molar-refractivity contribution in [3.63, 3.8) is 0 Å². The quantitative estimate of drug-likeness (QED) is 0.647. The molecule has 2 N–H and O–H groups in total. The van der Waals surface area contributed by atoms with Gasteiger partial charge in [0.25, 0.3) is 0 Å². The Kier molecular flexibility index (Phi) is 8.83. The fraction of sp³-hybridized carbons (Fsp3) is 0.375. The van der Waals surface area contributed by atoms with Crippen LogP contribution in [0.4, 0.5) is 0 Å². The Morgan fingerprint density at radius 3 is 1.82 bits per heavy atom. The molecule has 0 aromatic heterocycles. The van der Waals surface area contributed by atoms with Crippen LogP contribution in [0.3, 0.4) is 0 Å². The van der Waals surface area contributed by atoms with Gasteiger partial charge < -0.3 is 0 Å². The van der Waals surface area contributed by atoms with Crippen molar-refractivity contribution < 1.29 is 17.5 Å². The zero-order chi connectivity index (χ0) is 16.2. The molecule has 4 nitrogen and oxygen atoms in total. The summed E-state index contributed by atoms with van der Waals surface area (Å²) in [5.74, 6) is 1.19. The van der Waals surface area contributed by atoms with Gasteiger partial charge in [-0.2, -0.15) is 8.42 Å². The van der Waals surface area contributed by atoms with Crippen molar-refractivity contribution in [2.45, 2.75) is 39.5 Å². The molecular weight excluding hydrogens is 311 g/mol. The van der Waals surface area contributed by atoms with Crippen LogP contribution in [0.2, 0.25) is 0 Å². The van der Waals surface area contributed by atoms with Crippen molar-refractivity contribution in [1.82, 2.24) is 0 Å². The van der Waals surface area contributed by atoms with Crippen LogP contribution in [0.25, 0.3) is 10.8 Å². The van der Waals surface area contributed by atoms with E-state index in [1.165, 1.54) is 21.9 Å². The number of hydrogen-bond donors (Lipinski definition) is 2. The minimum absolute atomic E-state index is 0. The average molecular weight is 334 g/mol. The SMILES string of the molecule is CC(C)c1ccc2ccccc2c1C(C)C.O=S(=O)(O)O.[NaH]. The maximum absolute atomic E-state index is 8.74. The van der Waals surface area contributed by atoms with Gasteiger partial charge in [0.2, 0.25) is 0 Å². The van der Waals surface area contributed by atoms with Gasteiger partial charge in [-0.05, 0) is 33.7 Å². The van der Waals surface area contributed by atoms with E-state index in [2.05, 4.69) is 64.1 Å². The average Bonchev–Trinajstić information content (AvgIpc) is 2.34. The van der Waals surface area contributed by atoms with Gasteiger partial charge in [0.05, 0.1) is 0 Å². The molecule has 0 aliphatic rings. The third kappa shape index (κ3) is 6.77. The van der Waals surface area contributed by atoms with Crippen LogP contribution in [-0.2, 0) is 10.4 Å². The molecule has 0 radical (unpaired) electrons. The molecule has 0 aliphatic carbocycles. The molecule has 0 spiro atoms. The zero-order valence-electron chi connectivity index (χ0n) is 12.7. The second-order valence-electron chi connectivity index (χ2n) is 5.55. The summed E-state index contributed by atoms with van der Waals surface area (Å²) in [5.41, 5.74) is 3.02. The number of rotatable bonds is 2. The number of benzene rings is 2. The summed E-state index contributed by atoms with van der Waals surface area (Å²) in [4.78, 5) is 0. The van der Waals surface area contributed by atoms with Crippen LogP contribution in [-0.4, -0.2) is 47.1 Å². The van der Waals surface area contributed by atoms with Crippen molar-refractivity contribution in [3.05, 3.63) is 47.5 Å². The third-order valence-electron chi connectivity index (χ3n) is 3.20. The first-order chi connectivity index (χ1) is 9.61. The summed E-state index contributed by atoms with van der Waals surface area (Å²) in [6.45, 7) is 9.12. The van der Waals surface area contributed by atoms with Crippen LogP contribution in [0, 0.1) is 0 Å². The van der Waals surface area contributed by atoms with E-state index >= 15 is 0 Å². The number of fused-ring (bicyclic) bond motifs is 1. The molecular formula is C16H23NaO4S. The van der Waals surface area contributed by atoms with E-state index in [1.54, 1.807) is 0 Å². The van der Waals surface area contributed by atoms with Crippen LogP contribution in [0.1, 0.15) is 50.7 Å². The molecule has 0 unspecified atom stereocenters. The van der Waals surface area contributed by atoms with Gasteiger partial charge in [-0.3, -0.25) is 9.11 Å². The van der Waals surface area contributed by atoms with E-state index in [0.29, 0.717) is 11.8 Å². The Morgan fingerprint density at radius 1 is 0.864 bits per heavy atom. The molecule has 0 fully saturated rings. The van der Waals surface area contributed by atoms with E-state index < -0.39 is 10.4 Å². The van der Waals surface area contributed by atoms with E-state index in [4.69, 9.17) is 17.5 Å². The van der Waals surface area contributed by atoms with Crippen LogP contribution in [0.15, 0.2) is 36.4 Å². The first-order valence-electron chi connectivity index (χ1n) is 6.82. The first kappa shape index (κ1) is 21.6. The van der Waals surface area contributed by atoms with E-state index in [-0.39, 0.29) is 29.6 Å². The van der Waals surface area contributed by atoms with Crippen LogP contribution in [0.5, 0.6) is 0 Å². The summed E-state index contributed by atoms with van der Waals surface area (Å²) >= 11 is 0. The topological polar surface area (TPSA) is 74.6 Å². The second-order valence-corrected chi connectivity index (χ2v) is 6.44. The van der Waals surface area contributed by atoms with E-state index in [9.17, 15) is 0 Å². The number of hydrogen-bond acceptors (Lipinski definition) is 2.